The number of unbranched alkanes of at least 4 members (excludes halogenated alkanes) is 3. The van der Waals surface area contributed by atoms with Crippen LogP contribution in [0.25, 0.3) is 0 Å². The molecule has 0 aliphatic heterocycles. The van der Waals surface area contributed by atoms with Gasteiger partial charge in [0, 0.05) is 13.7 Å². The van der Waals surface area contributed by atoms with E-state index in [2.05, 4.69) is 6.92 Å². The van der Waals surface area contributed by atoms with Crippen molar-refractivity contribution in [2.45, 2.75) is 58.0 Å². The first-order chi connectivity index (χ1) is 6.35. The maximum atomic E-state index is 8.66. The van der Waals surface area contributed by atoms with Gasteiger partial charge in [-0.15, -0.1) is 0 Å². The van der Waals surface area contributed by atoms with Crippen molar-refractivity contribution in [1.82, 2.24) is 0 Å². The minimum absolute atomic E-state index is 0.287. The van der Waals surface area contributed by atoms with Crippen molar-refractivity contribution in [3.05, 3.63) is 0 Å². The van der Waals surface area contributed by atoms with Crippen LogP contribution in [0.2, 0.25) is 0 Å². The van der Waals surface area contributed by atoms with Crippen LogP contribution in [0.4, 0.5) is 0 Å². The normalized spacial score (nSPS) is 13.2. The van der Waals surface area contributed by atoms with E-state index in [0.29, 0.717) is 6.10 Å². The predicted octanol–water partition coefficient (Wildman–Crippen LogP) is 2.74. The van der Waals surface area contributed by atoms with Crippen LogP contribution < -0.4 is 0 Å². The molecule has 0 unspecified atom stereocenters. The summed E-state index contributed by atoms with van der Waals surface area (Å²) in [7, 11) is 1.77. The van der Waals surface area contributed by atoms with E-state index in [9.17, 15) is 0 Å². The molecular formula is C11H24O2. The van der Waals surface area contributed by atoms with E-state index in [-0.39, 0.29) is 6.61 Å². The molecule has 1 atom stereocenters. The van der Waals surface area contributed by atoms with E-state index in [1.165, 1.54) is 25.7 Å². The maximum Gasteiger partial charge on any atom is 0.0572 e. The summed E-state index contributed by atoms with van der Waals surface area (Å²) in [5, 5.41) is 8.66. The average molecular weight is 188 g/mol. The molecule has 0 aromatic rings. The Labute approximate surface area is 82.3 Å². The zero-order chi connectivity index (χ0) is 9.94. The van der Waals surface area contributed by atoms with Gasteiger partial charge in [-0.25, -0.2) is 0 Å². The van der Waals surface area contributed by atoms with Crippen molar-refractivity contribution in [2.24, 2.45) is 0 Å². The number of ether oxygens (including phenoxy) is 1. The summed E-state index contributed by atoms with van der Waals surface area (Å²) in [6, 6.07) is 0. The van der Waals surface area contributed by atoms with Crippen LogP contribution in [-0.2, 0) is 4.74 Å². The summed E-state index contributed by atoms with van der Waals surface area (Å²) in [4.78, 5) is 0. The van der Waals surface area contributed by atoms with Gasteiger partial charge in [-0.2, -0.15) is 0 Å². The van der Waals surface area contributed by atoms with Gasteiger partial charge in [-0.3, -0.25) is 0 Å². The molecule has 0 aliphatic rings. The summed E-state index contributed by atoms with van der Waals surface area (Å²) in [5.74, 6) is 0. The number of methoxy groups -OCH3 is 1. The van der Waals surface area contributed by atoms with E-state index in [1.807, 2.05) is 0 Å². The molecule has 1 N–H and O–H groups in total. The Kier molecular flexibility index (Phi) is 9.94. The molecule has 2 heteroatoms. The highest BCUT2D eigenvalue weighted by atomic mass is 16.5. The third-order valence-electron chi connectivity index (χ3n) is 2.40. The van der Waals surface area contributed by atoms with Crippen molar-refractivity contribution in [3.63, 3.8) is 0 Å². The quantitative estimate of drug-likeness (QED) is 0.564. The zero-order valence-corrected chi connectivity index (χ0v) is 9.09. The SMILES string of the molecule is CCCCCC[C@@H](CCCO)OC. The highest BCUT2D eigenvalue weighted by Gasteiger charge is 2.05. The lowest BCUT2D eigenvalue weighted by Crippen LogP contribution is -2.10. The second-order valence-corrected chi connectivity index (χ2v) is 3.57. The highest BCUT2D eigenvalue weighted by Crippen LogP contribution is 2.11. The number of aliphatic hydroxyl groups is 1. The van der Waals surface area contributed by atoms with Crippen LogP contribution in [0.15, 0.2) is 0 Å². The van der Waals surface area contributed by atoms with Crippen molar-refractivity contribution in [3.8, 4) is 0 Å². The molecule has 0 rings (SSSR count). The number of hydrogen-bond donors (Lipinski definition) is 1. The third-order valence-corrected chi connectivity index (χ3v) is 2.40. The predicted molar refractivity (Wildman–Crippen MR) is 55.9 cm³/mol. The molecule has 0 aromatic carbocycles. The molecule has 0 saturated heterocycles. The zero-order valence-electron chi connectivity index (χ0n) is 9.09. The molecule has 0 aromatic heterocycles. The minimum atomic E-state index is 0.287. The third kappa shape index (κ3) is 8.26. The Hall–Kier alpha value is -0.0800. The second-order valence-electron chi connectivity index (χ2n) is 3.57. The maximum absolute atomic E-state index is 8.66. The monoisotopic (exact) mass is 188 g/mol. The topological polar surface area (TPSA) is 29.5 Å². The molecule has 0 aliphatic carbocycles. The highest BCUT2D eigenvalue weighted by molar-refractivity contribution is 4.57. The Balaban J connectivity index is 3.25. The van der Waals surface area contributed by atoms with Gasteiger partial charge in [-0.1, -0.05) is 32.6 Å². The fourth-order valence-corrected chi connectivity index (χ4v) is 1.50. The summed E-state index contributed by atoms with van der Waals surface area (Å²) in [5.41, 5.74) is 0. The Morgan fingerprint density at radius 1 is 1.08 bits per heavy atom. The first-order valence-electron chi connectivity index (χ1n) is 5.48. The lowest BCUT2D eigenvalue weighted by molar-refractivity contribution is 0.0788. The molecule has 0 saturated carbocycles. The summed E-state index contributed by atoms with van der Waals surface area (Å²) in [6.07, 6.45) is 8.57. The van der Waals surface area contributed by atoms with Gasteiger partial charge < -0.3 is 9.84 Å². The Morgan fingerprint density at radius 2 is 1.77 bits per heavy atom. The van der Waals surface area contributed by atoms with Gasteiger partial charge in [-0.05, 0) is 19.3 Å². The standard InChI is InChI=1S/C11H24O2/c1-3-4-5-6-8-11(13-2)9-7-10-12/h11-12H,3-10H2,1-2H3/t11-/m0/s1. The Bertz CT molecular complexity index is 94.1. The van der Waals surface area contributed by atoms with E-state index in [0.717, 1.165) is 19.3 Å². The van der Waals surface area contributed by atoms with Crippen LogP contribution in [-0.4, -0.2) is 24.9 Å². The molecule has 0 radical (unpaired) electrons. The number of hydrogen-bond acceptors (Lipinski definition) is 2. The van der Waals surface area contributed by atoms with Gasteiger partial charge in [0.1, 0.15) is 0 Å². The van der Waals surface area contributed by atoms with E-state index >= 15 is 0 Å². The van der Waals surface area contributed by atoms with Gasteiger partial charge in [0.2, 0.25) is 0 Å². The Morgan fingerprint density at radius 3 is 2.31 bits per heavy atom. The lowest BCUT2D eigenvalue weighted by Gasteiger charge is -2.13. The van der Waals surface area contributed by atoms with Crippen LogP contribution >= 0.6 is 0 Å². The molecule has 0 fully saturated rings. The second kappa shape index (κ2) is 10.0. The van der Waals surface area contributed by atoms with Gasteiger partial charge >= 0.3 is 0 Å². The van der Waals surface area contributed by atoms with Gasteiger partial charge in [0.05, 0.1) is 6.10 Å². The van der Waals surface area contributed by atoms with Crippen molar-refractivity contribution < 1.29 is 9.84 Å². The van der Waals surface area contributed by atoms with Crippen LogP contribution in [0.5, 0.6) is 0 Å². The molecule has 0 amide bonds. The molecular weight excluding hydrogens is 164 g/mol. The van der Waals surface area contributed by atoms with Crippen molar-refractivity contribution >= 4 is 0 Å². The van der Waals surface area contributed by atoms with Crippen molar-refractivity contribution in [2.75, 3.05) is 13.7 Å². The first-order valence-corrected chi connectivity index (χ1v) is 5.48. The van der Waals surface area contributed by atoms with Crippen LogP contribution in [0.3, 0.4) is 0 Å². The molecule has 2 nitrogen and oxygen atoms in total. The molecule has 0 spiro atoms. The fourth-order valence-electron chi connectivity index (χ4n) is 1.50. The first kappa shape index (κ1) is 12.9. The van der Waals surface area contributed by atoms with Crippen molar-refractivity contribution in [1.29, 1.82) is 0 Å². The number of aliphatic hydroxyl groups excluding tert-OH is 1. The summed E-state index contributed by atoms with van der Waals surface area (Å²) in [6.45, 7) is 2.51. The smallest absolute Gasteiger partial charge is 0.0572 e. The molecule has 80 valence electrons. The van der Waals surface area contributed by atoms with Crippen LogP contribution in [0, 0.1) is 0 Å². The fraction of sp³-hybridized carbons (Fsp3) is 1.00. The minimum Gasteiger partial charge on any atom is -0.396 e. The lowest BCUT2D eigenvalue weighted by atomic mass is 10.1. The average Bonchev–Trinajstić information content (AvgIpc) is 2.17. The molecule has 13 heavy (non-hydrogen) atoms. The largest absolute Gasteiger partial charge is 0.396 e. The molecule has 0 bridgehead atoms. The van der Waals surface area contributed by atoms with E-state index in [4.69, 9.17) is 9.84 Å². The van der Waals surface area contributed by atoms with E-state index in [1.54, 1.807) is 7.11 Å². The molecule has 0 heterocycles. The van der Waals surface area contributed by atoms with Gasteiger partial charge in [0.15, 0.2) is 0 Å². The van der Waals surface area contributed by atoms with Crippen LogP contribution in [0.1, 0.15) is 51.9 Å². The van der Waals surface area contributed by atoms with E-state index < -0.39 is 0 Å². The summed E-state index contributed by atoms with van der Waals surface area (Å²) >= 11 is 0. The summed E-state index contributed by atoms with van der Waals surface area (Å²) < 4.78 is 5.32. The number of rotatable bonds is 9. The van der Waals surface area contributed by atoms with Gasteiger partial charge in [0.25, 0.3) is 0 Å².